The van der Waals surface area contributed by atoms with E-state index in [0.29, 0.717) is 18.1 Å². The van der Waals surface area contributed by atoms with E-state index in [1.165, 1.54) is 12.0 Å². The van der Waals surface area contributed by atoms with Crippen LogP contribution in [0.1, 0.15) is 38.3 Å². The number of ether oxygens (including phenoxy) is 1. The first-order valence-corrected chi connectivity index (χ1v) is 6.71. The normalized spacial score (nSPS) is 26.0. The van der Waals surface area contributed by atoms with Gasteiger partial charge in [-0.3, -0.25) is 0 Å². The van der Waals surface area contributed by atoms with Crippen LogP contribution in [0.4, 0.5) is 0 Å². The van der Waals surface area contributed by atoms with Gasteiger partial charge in [-0.2, -0.15) is 0 Å². The molecule has 0 aliphatic carbocycles. The Morgan fingerprint density at radius 3 is 2.71 bits per heavy atom. The Bertz CT molecular complexity index is 325. The molecular weight excluding hydrogens is 210 g/mol. The largest absolute Gasteiger partial charge is 0.378 e. The fraction of sp³-hybridized carbons (Fsp3) is 0.600. The van der Waals surface area contributed by atoms with Crippen LogP contribution in [0.2, 0.25) is 0 Å². The van der Waals surface area contributed by atoms with Crippen LogP contribution in [0.3, 0.4) is 0 Å². The highest BCUT2D eigenvalue weighted by Crippen LogP contribution is 2.31. The van der Waals surface area contributed by atoms with Gasteiger partial charge < -0.3 is 10.1 Å². The third-order valence-electron chi connectivity index (χ3n) is 3.47. The predicted octanol–water partition coefficient (Wildman–Crippen LogP) is 3.15. The minimum absolute atomic E-state index is 0.412. The van der Waals surface area contributed by atoms with Crippen molar-refractivity contribution in [1.82, 2.24) is 5.32 Å². The van der Waals surface area contributed by atoms with E-state index in [-0.39, 0.29) is 0 Å². The van der Waals surface area contributed by atoms with E-state index in [4.69, 9.17) is 4.74 Å². The molecule has 2 nitrogen and oxygen atoms in total. The SMILES string of the molecule is CCCNC(c1ccccc1)C1COC(C)C1. The monoisotopic (exact) mass is 233 g/mol. The summed E-state index contributed by atoms with van der Waals surface area (Å²) in [4.78, 5) is 0. The molecule has 3 unspecified atom stereocenters. The van der Waals surface area contributed by atoms with E-state index in [1.54, 1.807) is 0 Å². The summed E-state index contributed by atoms with van der Waals surface area (Å²) in [7, 11) is 0. The first kappa shape index (κ1) is 12.6. The van der Waals surface area contributed by atoms with Crippen molar-refractivity contribution < 1.29 is 4.74 Å². The molecule has 0 amide bonds. The average Bonchev–Trinajstić information content (AvgIpc) is 2.78. The summed E-state index contributed by atoms with van der Waals surface area (Å²) in [6.07, 6.45) is 2.75. The summed E-state index contributed by atoms with van der Waals surface area (Å²) in [5, 5.41) is 3.67. The van der Waals surface area contributed by atoms with E-state index in [2.05, 4.69) is 49.5 Å². The maximum atomic E-state index is 5.71. The van der Waals surface area contributed by atoms with Gasteiger partial charge in [0.2, 0.25) is 0 Å². The molecule has 2 rings (SSSR count). The van der Waals surface area contributed by atoms with E-state index >= 15 is 0 Å². The van der Waals surface area contributed by atoms with Crippen molar-refractivity contribution in [3.05, 3.63) is 35.9 Å². The van der Waals surface area contributed by atoms with Crippen LogP contribution in [0.5, 0.6) is 0 Å². The molecule has 1 heterocycles. The molecule has 1 aromatic carbocycles. The summed E-state index contributed by atoms with van der Waals surface area (Å²) < 4.78 is 5.71. The maximum Gasteiger partial charge on any atom is 0.0551 e. The van der Waals surface area contributed by atoms with Gasteiger partial charge in [0.25, 0.3) is 0 Å². The zero-order valence-corrected chi connectivity index (χ0v) is 10.9. The van der Waals surface area contributed by atoms with Gasteiger partial charge in [-0.25, -0.2) is 0 Å². The quantitative estimate of drug-likeness (QED) is 0.843. The minimum Gasteiger partial charge on any atom is -0.378 e. The van der Waals surface area contributed by atoms with Crippen LogP contribution < -0.4 is 5.32 Å². The average molecular weight is 233 g/mol. The molecule has 0 bridgehead atoms. The summed E-state index contributed by atoms with van der Waals surface area (Å²) in [6.45, 7) is 6.34. The molecule has 1 aromatic rings. The van der Waals surface area contributed by atoms with E-state index < -0.39 is 0 Å². The molecule has 0 radical (unpaired) electrons. The highest BCUT2D eigenvalue weighted by atomic mass is 16.5. The van der Waals surface area contributed by atoms with Crippen molar-refractivity contribution in [3.8, 4) is 0 Å². The van der Waals surface area contributed by atoms with Crippen LogP contribution in [0.25, 0.3) is 0 Å². The molecule has 94 valence electrons. The molecule has 3 atom stereocenters. The fourth-order valence-electron chi connectivity index (χ4n) is 2.60. The van der Waals surface area contributed by atoms with Gasteiger partial charge in [0, 0.05) is 12.0 Å². The van der Waals surface area contributed by atoms with Crippen LogP contribution in [-0.2, 0) is 4.74 Å². The Morgan fingerprint density at radius 2 is 2.12 bits per heavy atom. The van der Waals surface area contributed by atoms with E-state index in [1.807, 2.05) is 0 Å². The Morgan fingerprint density at radius 1 is 1.35 bits per heavy atom. The van der Waals surface area contributed by atoms with Gasteiger partial charge in [-0.15, -0.1) is 0 Å². The van der Waals surface area contributed by atoms with Gasteiger partial charge in [0.15, 0.2) is 0 Å². The lowest BCUT2D eigenvalue weighted by Gasteiger charge is -2.24. The van der Waals surface area contributed by atoms with Crippen molar-refractivity contribution >= 4 is 0 Å². The molecule has 1 N–H and O–H groups in total. The highest BCUT2D eigenvalue weighted by molar-refractivity contribution is 5.20. The summed E-state index contributed by atoms with van der Waals surface area (Å²) in [6, 6.07) is 11.2. The number of hydrogen-bond acceptors (Lipinski definition) is 2. The van der Waals surface area contributed by atoms with Crippen LogP contribution in [-0.4, -0.2) is 19.3 Å². The number of rotatable bonds is 5. The van der Waals surface area contributed by atoms with Crippen LogP contribution in [0, 0.1) is 5.92 Å². The second-order valence-corrected chi connectivity index (χ2v) is 4.98. The zero-order valence-electron chi connectivity index (χ0n) is 10.9. The Labute approximate surface area is 104 Å². The van der Waals surface area contributed by atoms with E-state index in [0.717, 1.165) is 19.6 Å². The summed E-state index contributed by atoms with van der Waals surface area (Å²) in [5.74, 6) is 0.610. The van der Waals surface area contributed by atoms with Gasteiger partial charge in [-0.05, 0) is 31.9 Å². The molecule has 2 heteroatoms. The van der Waals surface area contributed by atoms with Gasteiger partial charge in [-0.1, -0.05) is 37.3 Å². The van der Waals surface area contributed by atoms with E-state index in [9.17, 15) is 0 Å². The van der Waals surface area contributed by atoms with Gasteiger partial charge >= 0.3 is 0 Å². The first-order valence-electron chi connectivity index (χ1n) is 6.71. The highest BCUT2D eigenvalue weighted by Gasteiger charge is 2.29. The van der Waals surface area contributed by atoms with Crippen molar-refractivity contribution in [3.63, 3.8) is 0 Å². The number of nitrogens with one attached hydrogen (secondary N) is 1. The zero-order chi connectivity index (χ0) is 12.1. The maximum absolute atomic E-state index is 5.71. The third-order valence-corrected chi connectivity index (χ3v) is 3.47. The van der Waals surface area contributed by atoms with Crippen molar-refractivity contribution in [2.75, 3.05) is 13.2 Å². The first-order chi connectivity index (χ1) is 8.31. The Hall–Kier alpha value is -0.860. The van der Waals surface area contributed by atoms with Crippen molar-refractivity contribution in [2.45, 2.75) is 38.8 Å². The molecule has 17 heavy (non-hydrogen) atoms. The molecule has 1 saturated heterocycles. The van der Waals surface area contributed by atoms with Crippen LogP contribution >= 0.6 is 0 Å². The number of hydrogen-bond donors (Lipinski definition) is 1. The van der Waals surface area contributed by atoms with Crippen molar-refractivity contribution in [1.29, 1.82) is 0 Å². The molecule has 0 aromatic heterocycles. The predicted molar refractivity (Wildman–Crippen MR) is 71.0 cm³/mol. The minimum atomic E-state index is 0.412. The summed E-state index contributed by atoms with van der Waals surface area (Å²) in [5.41, 5.74) is 1.39. The lowest BCUT2D eigenvalue weighted by molar-refractivity contribution is 0.117. The molecule has 1 aliphatic heterocycles. The van der Waals surface area contributed by atoms with Gasteiger partial charge in [0.1, 0.15) is 0 Å². The second-order valence-electron chi connectivity index (χ2n) is 4.98. The molecule has 0 saturated carbocycles. The molecule has 1 fully saturated rings. The van der Waals surface area contributed by atoms with Crippen LogP contribution in [0.15, 0.2) is 30.3 Å². The standard InChI is InChI=1S/C15H23NO/c1-3-9-16-15(13-7-5-4-6-8-13)14-10-12(2)17-11-14/h4-8,12,14-16H,3,9-11H2,1-2H3. The topological polar surface area (TPSA) is 21.3 Å². The molecule has 0 spiro atoms. The number of benzene rings is 1. The summed E-state index contributed by atoms with van der Waals surface area (Å²) >= 11 is 0. The lowest BCUT2D eigenvalue weighted by atomic mass is 9.91. The third kappa shape index (κ3) is 3.30. The lowest BCUT2D eigenvalue weighted by Crippen LogP contribution is -2.29. The molecule has 1 aliphatic rings. The Kier molecular flexibility index (Phi) is 4.57. The second kappa shape index (κ2) is 6.18. The van der Waals surface area contributed by atoms with Gasteiger partial charge in [0.05, 0.1) is 12.7 Å². The fourth-order valence-corrected chi connectivity index (χ4v) is 2.60. The smallest absolute Gasteiger partial charge is 0.0551 e. The molecular formula is C15H23NO. The Balaban J connectivity index is 2.08. The van der Waals surface area contributed by atoms with Crippen molar-refractivity contribution in [2.24, 2.45) is 5.92 Å².